The normalized spacial score (nSPS) is 19.3. The van der Waals surface area contributed by atoms with Crippen LogP contribution in [0.15, 0.2) is 39.7 Å². The van der Waals surface area contributed by atoms with Gasteiger partial charge in [-0.15, -0.1) is 0 Å². The highest BCUT2D eigenvalue weighted by Gasteiger charge is 2.30. The van der Waals surface area contributed by atoms with Crippen LogP contribution >= 0.6 is 15.9 Å². The lowest BCUT2D eigenvalue weighted by atomic mass is 10.3. The molecule has 0 atom stereocenters. The number of rotatable bonds is 4. The second-order valence-corrected chi connectivity index (χ2v) is 10.5. The molecule has 0 saturated carbocycles. The maximum absolute atomic E-state index is 13.0. The number of anilines is 2. The summed E-state index contributed by atoms with van der Waals surface area (Å²) in [6.45, 7) is 7.90. The Morgan fingerprint density at radius 3 is 1.97 bits per heavy atom. The van der Waals surface area contributed by atoms with Crippen LogP contribution in [0, 0.1) is 6.92 Å². The van der Waals surface area contributed by atoms with Crippen LogP contribution in [-0.4, -0.2) is 87.0 Å². The Kier molecular flexibility index (Phi) is 6.29. The third-order valence-electron chi connectivity index (χ3n) is 5.66. The highest BCUT2D eigenvalue weighted by molar-refractivity contribution is 9.10. The van der Waals surface area contributed by atoms with Crippen LogP contribution in [0.2, 0.25) is 0 Å². The first-order valence-corrected chi connectivity index (χ1v) is 12.4. The monoisotopic (exact) mass is 494 g/mol. The Morgan fingerprint density at radius 2 is 1.40 bits per heavy atom. The van der Waals surface area contributed by atoms with Crippen molar-refractivity contribution in [3.63, 3.8) is 0 Å². The van der Waals surface area contributed by atoms with Gasteiger partial charge in [-0.2, -0.15) is 4.31 Å². The lowest BCUT2D eigenvalue weighted by Crippen LogP contribution is -2.49. The molecule has 1 aromatic heterocycles. The zero-order chi connectivity index (χ0) is 21.3. The second-order valence-electron chi connectivity index (χ2n) is 7.74. The van der Waals surface area contributed by atoms with E-state index in [9.17, 15) is 8.42 Å². The largest absolute Gasteiger partial charge is 0.354 e. The number of piperazine rings is 2. The van der Waals surface area contributed by atoms with Crippen LogP contribution in [0.1, 0.15) is 5.82 Å². The molecule has 0 N–H and O–H groups in total. The zero-order valence-corrected chi connectivity index (χ0v) is 19.7. The van der Waals surface area contributed by atoms with Crippen LogP contribution in [0.5, 0.6) is 0 Å². The number of hydrogen-bond acceptors (Lipinski definition) is 7. The third-order valence-corrected chi connectivity index (χ3v) is 8.57. The number of sulfonamides is 1. The molecule has 2 saturated heterocycles. The van der Waals surface area contributed by atoms with Crippen molar-refractivity contribution in [2.75, 3.05) is 69.2 Å². The minimum absolute atomic E-state index is 0.314. The molecule has 0 bridgehead atoms. The standard InChI is InChI=1S/C20H27BrN6O2S/c1-16-22-19(25-9-7-24(2)8-10-25)15-20(23-16)26-11-13-27(14-12-26)30(28,29)18-6-4-3-5-17(18)21/h3-6,15H,7-14H2,1-2H3. The summed E-state index contributed by atoms with van der Waals surface area (Å²) in [6, 6.07) is 9.00. The number of hydrogen-bond donors (Lipinski definition) is 0. The first-order chi connectivity index (χ1) is 14.3. The number of nitrogens with zero attached hydrogens (tertiary/aromatic N) is 6. The Balaban J connectivity index is 1.47. The predicted molar refractivity (Wildman–Crippen MR) is 122 cm³/mol. The van der Waals surface area contributed by atoms with Crippen molar-refractivity contribution in [2.45, 2.75) is 11.8 Å². The number of benzene rings is 1. The van der Waals surface area contributed by atoms with E-state index in [1.165, 1.54) is 0 Å². The summed E-state index contributed by atoms with van der Waals surface area (Å²) in [7, 11) is -1.39. The fraction of sp³-hybridized carbons (Fsp3) is 0.500. The number of halogens is 1. The molecule has 10 heteroatoms. The van der Waals surface area contributed by atoms with Gasteiger partial charge in [-0.25, -0.2) is 18.4 Å². The van der Waals surface area contributed by atoms with E-state index in [1.807, 2.05) is 19.1 Å². The van der Waals surface area contributed by atoms with Gasteiger partial charge < -0.3 is 14.7 Å². The average molecular weight is 495 g/mol. The van der Waals surface area contributed by atoms with Crippen LogP contribution in [0.3, 0.4) is 0 Å². The molecule has 2 aliphatic rings. The molecule has 0 unspecified atom stereocenters. The highest BCUT2D eigenvalue weighted by Crippen LogP contribution is 2.27. The van der Waals surface area contributed by atoms with Crippen molar-refractivity contribution < 1.29 is 8.42 Å². The van der Waals surface area contributed by atoms with Gasteiger partial charge >= 0.3 is 0 Å². The minimum Gasteiger partial charge on any atom is -0.354 e. The minimum atomic E-state index is -3.52. The van der Waals surface area contributed by atoms with E-state index in [0.29, 0.717) is 35.5 Å². The lowest BCUT2D eigenvalue weighted by Gasteiger charge is -2.36. The van der Waals surface area contributed by atoms with Gasteiger partial charge in [-0.05, 0) is 42.0 Å². The maximum Gasteiger partial charge on any atom is 0.244 e. The van der Waals surface area contributed by atoms with Gasteiger partial charge in [0.15, 0.2) is 0 Å². The molecule has 3 heterocycles. The number of likely N-dealkylation sites (N-methyl/N-ethyl adjacent to an activating group) is 1. The van der Waals surface area contributed by atoms with Crippen LogP contribution in [0.25, 0.3) is 0 Å². The van der Waals surface area contributed by atoms with Gasteiger partial charge in [0.25, 0.3) is 0 Å². The molecule has 0 amide bonds. The van der Waals surface area contributed by atoms with E-state index in [4.69, 9.17) is 0 Å². The summed E-state index contributed by atoms with van der Waals surface area (Å²) in [6.07, 6.45) is 0. The van der Waals surface area contributed by atoms with Crippen molar-refractivity contribution in [2.24, 2.45) is 0 Å². The number of aryl methyl sites for hydroxylation is 1. The van der Waals surface area contributed by atoms with Gasteiger partial charge in [0, 0.05) is 62.9 Å². The highest BCUT2D eigenvalue weighted by atomic mass is 79.9. The SMILES string of the molecule is Cc1nc(N2CCN(C)CC2)cc(N2CCN(S(=O)(=O)c3ccccc3Br)CC2)n1. The van der Waals surface area contributed by atoms with Crippen molar-refractivity contribution in [3.05, 3.63) is 40.6 Å². The van der Waals surface area contributed by atoms with Crippen LogP contribution in [-0.2, 0) is 10.0 Å². The first kappa shape index (κ1) is 21.5. The molecule has 2 fully saturated rings. The van der Waals surface area contributed by atoms with Crippen LogP contribution in [0.4, 0.5) is 11.6 Å². The van der Waals surface area contributed by atoms with E-state index in [1.54, 1.807) is 22.5 Å². The summed E-state index contributed by atoms with van der Waals surface area (Å²) in [4.78, 5) is 16.3. The molecular weight excluding hydrogens is 468 g/mol. The van der Waals surface area contributed by atoms with Gasteiger partial charge in [0.05, 0.1) is 4.90 Å². The van der Waals surface area contributed by atoms with E-state index in [2.05, 4.69) is 47.6 Å². The smallest absolute Gasteiger partial charge is 0.244 e. The van der Waals surface area contributed by atoms with Crippen molar-refractivity contribution in [3.8, 4) is 0 Å². The number of aromatic nitrogens is 2. The molecular formula is C20H27BrN6O2S. The fourth-order valence-electron chi connectivity index (χ4n) is 3.85. The predicted octanol–water partition coefficient (Wildman–Crippen LogP) is 1.81. The molecule has 0 aliphatic carbocycles. The lowest BCUT2D eigenvalue weighted by molar-refractivity contribution is 0.312. The average Bonchev–Trinajstić information content (AvgIpc) is 2.74. The van der Waals surface area contributed by atoms with Crippen molar-refractivity contribution >= 4 is 37.6 Å². The molecule has 4 rings (SSSR count). The summed E-state index contributed by atoms with van der Waals surface area (Å²) >= 11 is 3.36. The Bertz CT molecular complexity index is 1000. The van der Waals surface area contributed by atoms with Gasteiger partial charge in [0.1, 0.15) is 17.5 Å². The Labute approximate surface area is 186 Å². The molecule has 1 aromatic carbocycles. The van der Waals surface area contributed by atoms with Crippen molar-refractivity contribution in [1.82, 2.24) is 19.2 Å². The second kappa shape index (κ2) is 8.78. The van der Waals surface area contributed by atoms with E-state index in [0.717, 1.165) is 43.6 Å². The molecule has 0 spiro atoms. The fourth-order valence-corrected chi connectivity index (χ4v) is 6.23. The molecule has 30 heavy (non-hydrogen) atoms. The topological polar surface area (TPSA) is 72.9 Å². The third kappa shape index (κ3) is 4.46. The maximum atomic E-state index is 13.0. The van der Waals surface area contributed by atoms with Gasteiger partial charge in [-0.3, -0.25) is 0 Å². The summed E-state index contributed by atoms with van der Waals surface area (Å²) < 4.78 is 28.2. The molecule has 0 radical (unpaired) electrons. The zero-order valence-electron chi connectivity index (χ0n) is 17.3. The Hall–Kier alpha value is -1.75. The van der Waals surface area contributed by atoms with E-state index in [-0.39, 0.29) is 0 Å². The quantitative estimate of drug-likeness (QED) is 0.641. The van der Waals surface area contributed by atoms with E-state index < -0.39 is 10.0 Å². The van der Waals surface area contributed by atoms with E-state index >= 15 is 0 Å². The van der Waals surface area contributed by atoms with Gasteiger partial charge in [-0.1, -0.05) is 12.1 Å². The van der Waals surface area contributed by atoms with Crippen molar-refractivity contribution in [1.29, 1.82) is 0 Å². The molecule has 2 aliphatic heterocycles. The molecule has 8 nitrogen and oxygen atoms in total. The summed E-state index contributed by atoms with van der Waals surface area (Å²) in [5, 5.41) is 0. The molecule has 162 valence electrons. The summed E-state index contributed by atoms with van der Waals surface area (Å²) in [5.74, 6) is 2.56. The van der Waals surface area contributed by atoms with Gasteiger partial charge in [0.2, 0.25) is 10.0 Å². The Morgan fingerprint density at radius 1 is 0.867 bits per heavy atom. The first-order valence-electron chi connectivity index (χ1n) is 10.1. The summed E-state index contributed by atoms with van der Waals surface area (Å²) in [5.41, 5.74) is 0. The molecule has 2 aromatic rings. The van der Waals surface area contributed by atoms with Crippen LogP contribution < -0.4 is 9.80 Å².